The Hall–Kier alpha value is -0.960. The van der Waals surface area contributed by atoms with Crippen molar-refractivity contribution in [2.45, 2.75) is 0 Å². The molecule has 90 valence electrons. The largest absolute Gasteiger partial charge is 0.384 e. The molecule has 0 aliphatic carbocycles. The van der Waals surface area contributed by atoms with Crippen molar-refractivity contribution in [1.82, 2.24) is 4.90 Å². The zero-order valence-electron chi connectivity index (χ0n) is 9.31. The van der Waals surface area contributed by atoms with E-state index in [9.17, 15) is 4.79 Å². The van der Waals surface area contributed by atoms with Crippen LogP contribution in [0.15, 0.2) is 11.4 Å². The minimum Gasteiger partial charge on any atom is -0.384 e. The van der Waals surface area contributed by atoms with Crippen LogP contribution in [-0.2, 0) is 0 Å². The Labute approximate surface area is 109 Å². The number of hydrogen-bond donors (Lipinski definition) is 1. The van der Waals surface area contributed by atoms with Gasteiger partial charge in [0.05, 0.1) is 0 Å². The monoisotopic (exact) mass is 267 g/mol. The van der Waals surface area contributed by atoms with Gasteiger partial charge in [-0.15, -0.1) is 11.3 Å². The van der Waals surface area contributed by atoms with Gasteiger partial charge >= 0.3 is 0 Å². The number of carbonyl (C=O) groups excluding carboxylic acids is 1. The summed E-state index contributed by atoms with van der Waals surface area (Å²) in [6.45, 7) is 1.45. The van der Waals surface area contributed by atoms with E-state index in [0.29, 0.717) is 4.88 Å². The van der Waals surface area contributed by atoms with Crippen LogP contribution >= 0.6 is 23.1 Å². The van der Waals surface area contributed by atoms with Gasteiger partial charge in [0, 0.05) is 30.2 Å². The van der Waals surface area contributed by atoms with Crippen LogP contribution in [-0.4, -0.2) is 47.1 Å². The van der Waals surface area contributed by atoms with E-state index in [2.05, 4.69) is 11.8 Å². The predicted octanol–water partition coefficient (Wildman–Crippen LogP) is 1.28. The third-order valence-corrected chi connectivity index (χ3v) is 4.30. The Balaban J connectivity index is 2.15. The van der Waals surface area contributed by atoms with Gasteiger partial charge in [-0.1, -0.05) is 11.8 Å². The van der Waals surface area contributed by atoms with E-state index >= 15 is 0 Å². The summed E-state index contributed by atoms with van der Waals surface area (Å²) >= 11 is 3.30. The molecular formula is C12H13NO2S2. The smallest absolute Gasteiger partial charge is 0.265 e. The van der Waals surface area contributed by atoms with Crippen LogP contribution in [0.2, 0.25) is 0 Å². The first-order valence-corrected chi connectivity index (χ1v) is 7.40. The van der Waals surface area contributed by atoms with Crippen LogP contribution < -0.4 is 0 Å². The Bertz CT molecular complexity index is 453. The fourth-order valence-corrected chi connectivity index (χ4v) is 3.34. The minimum absolute atomic E-state index is 0.0718. The van der Waals surface area contributed by atoms with Crippen LogP contribution in [0.4, 0.5) is 0 Å². The molecule has 0 saturated carbocycles. The lowest BCUT2D eigenvalue weighted by atomic mass is 10.2. The molecular weight excluding hydrogens is 254 g/mol. The summed E-state index contributed by atoms with van der Waals surface area (Å²) in [5.41, 5.74) is 0.729. The molecule has 17 heavy (non-hydrogen) atoms. The van der Waals surface area contributed by atoms with Gasteiger partial charge < -0.3 is 10.0 Å². The third kappa shape index (κ3) is 3.03. The second-order valence-corrected chi connectivity index (χ2v) is 5.67. The lowest BCUT2D eigenvalue weighted by molar-refractivity contribution is 0.0777. The zero-order chi connectivity index (χ0) is 12.1. The molecule has 1 aromatic rings. The van der Waals surface area contributed by atoms with Crippen LogP contribution in [0, 0.1) is 11.8 Å². The lowest BCUT2D eigenvalue weighted by Crippen LogP contribution is -2.37. The van der Waals surface area contributed by atoms with E-state index in [1.165, 1.54) is 11.3 Å². The number of amides is 1. The number of carbonyl (C=O) groups is 1. The highest BCUT2D eigenvalue weighted by atomic mass is 32.2. The average Bonchev–Trinajstić information content (AvgIpc) is 2.84. The molecule has 0 spiro atoms. The maximum atomic E-state index is 12.2. The molecule has 1 saturated heterocycles. The van der Waals surface area contributed by atoms with Gasteiger partial charge in [-0.2, -0.15) is 11.8 Å². The van der Waals surface area contributed by atoms with Crippen molar-refractivity contribution in [2.75, 3.05) is 31.2 Å². The molecule has 3 nitrogen and oxygen atoms in total. The van der Waals surface area contributed by atoms with Crippen molar-refractivity contribution in [3.63, 3.8) is 0 Å². The number of hydrogen-bond acceptors (Lipinski definition) is 4. The summed E-state index contributed by atoms with van der Waals surface area (Å²) in [6.07, 6.45) is 0. The Morgan fingerprint density at radius 1 is 1.47 bits per heavy atom. The van der Waals surface area contributed by atoms with Crippen molar-refractivity contribution < 1.29 is 9.90 Å². The first-order chi connectivity index (χ1) is 8.33. The average molecular weight is 267 g/mol. The Morgan fingerprint density at radius 3 is 2.94 bits per heavy atom. The summed E-state index contributed by atoms with van der Waals surface area (Å²) in [5, 5.41) is 10.5. The van der Waals surface area contributed by atoms with Crippen molar-refractivity contribution >= 4 is 29.0 Å². The van der Waals surface area contributed by atoms with Crippen molar-refractivity contribution in [3.05, 3.63) is 21.9 Å². The van der Waals surface area contributed by atoms with E-state index in [1.54, 1.807) is 0 Å². The highest BCUT2D eigenvalue weighted by Crippen LogP contribution is 2.20. The van der Waals surface area contributed by atoms with Gasteiger partial charge in [0.2, 0.25) is 0 Å². The van der Waals surface area contributed by atoms with E-state index in [4.69, 9.17) is 5.11 Å². The molecule has 0 aromatic carbocycles. The lowest BCUT2D eigenvalue weighted by Gasteiger charge is -2.26. The Kier molecular flexibility index (Phi) is 4.49. The fraction of sp³-hybridized carbons (Fsp3) is 0.417. The molecule has 0 radical (unpaired) electrons. The second kappa shape index (κ2) is 6.10. The van der Waals surface area contributed by atoms with Crippen LogP contribution in [0.25, 0.3) is 0 Å². The Morgan fingerprint density at radius 2 is 2.24 bits per heavy atom. The summed E-state index contributed by atoms with van der Waals surface area (Å²) in [5.74, 6) is 7.50. The molecule has 0 atom stereocenters. The normalized spacial score (nSPS) is 15.2. The number of thioether (sulfide) groups is 1. The maximum Gasteiger partial charge on any atom is 0.265 e. The van der Waals surface area contributed by atoms with Gasteiger partial charge in [-0.3, -0.25) is 4.79 Å². The molecule has 1 amide bonds. The van der Waals surface area contributed by atoms with Crippen LogP contribution in [0.1, 0.15) is 15.2 Å². The molecule has 1 aliphatic rings. The highest BCUT2D eigenvalue weighted by molar-refractivity contribution is 7.99. The number of nitrogens with zero attached hydrogens (tertiary/aromatic N) is 1. The van der Waals surface area contributed by atoms with Gasteiger partial charge in [-0.05, 0) is 11.4 Å². The summed E-state index contributed by atoms with van der Waals surface area (Å²) in [4.78, 5) is 14.8. The first kappa shape index (κ1) is 12.5. The number of rotatable bonds is 1. The number of thiophene rings is 1. The topological polar surface area (TPSA) is 40.5 Å². The van der Waals surface area contributed by atoms with Crippen molar-refractivity contribution in [1.29, 1.82) is 0 Å². The number of aliphatic hydroxyl groups excluding tert-OH is 1. The molecule has 0 bridgehead atoms. The van der Waals surface area contributed by atoms with Gasteiger partial charge in [0.1, 0.15) is 11.5 Å². The zero-order valence-corrected chi connectivity index (χ0v) is 10.9. The van der Waals surface area contributed by atoms with Gasteiger partial charge in [0.15, 0.2) is 0 Å². The molecule has 1 aliphatic heterocycles. The molecule has 2 heterocycles. The van der Waals surface area contributed by atoms with E-state index in [-0.39, 0.29) is 12.5 Å². The van der Waals surface area contributed by atoms with E-state index < -0.39 is 0 Å². The molecule has 2 rings (SSSR count). The quantitative estimate of drug-likeness (QED) is 0.779. The number of aliphatic hydroxyl groups is 1. The van der Waals surface area contributed by atoms with Crippen molar-refractivity contribution in [3.8, 4) is 11.8 Å². The standard InChI is InChI=1S/C12H13NO2S2/c14-6-1-2-10-3-7-17-11(10)12(15)13-4-8-16-9-5-13/h3,7,14H,4-6,8-9H2. The van der Waals surface area contributed by atoms with E-state index in [1.807, 2.05) is 28.1 Å². The predicted molar refractivity (Wildman–Crippen MR) is 71.5 cm³/mol. The second-order valence-electron chi connectivity index (χ2n) is 3.53. The summed E-state index contributed by atoms with van der Waals surface area (Å²) < 4.78 is 0. The molecule has 0 unspecified atom stereocenters. The summed E-state index contributed by atoms with van der Waals surface area (Å²) in [7, 11) is 0. The molecule has 1 fully saturated rings. The third-order valence-electron chi connectivity index (χ3n) is 2.46. The fourth-order valence-electron chi connectivity index (χ4n) is 1.62. The molecule has 5 heteroatoms. The minimum atomic E-state index is -0.177. The van der Waals surface area contributed by atoms with Crippen LogP contribution in [0.3, 0.4) is 0 Å². The molecule has 1 aromatic heterocycles. The van der Waals surface area contributed by atoms with Crippen LogP contribution in [0.5, 0.6) is 0 Å². The SMILES string of the molecule is O=C(c1sccc1C#CCO)N1CCSCC1. The maximum absolute atomic E-state index is 12.2. The summed E-state index contributed by atoms with van der Waals surface area (Å²) in [6, 6.07) is 1.83. The van der Waals surface area contributed by atoms with E-state index in [0.717, 1.165) is 30.2 Å². The van der Waals surface area contributed by atoms with Crippen molar-refractivity contribution in [2.24, 2.45) is 0 Å². The first-order valence-electron chi connectivity index (χ1n) is 5.37. The molecule has 1 N–H and O–H groups in total. The van der Waals surface area contributed by atoms with Gasteiger partial charge in [0.25, 0.3) is 5.91 Å². The van der Waals surface area contributed by atoms with Gasteiger partial charge in [-0.25, -0.2) is 0 Å². The highest BCUT2D eigenvalue weighted by Gasteiger charge is 2.21.